The minimum atomic E-state index is 0.904. The Balaban J connectivity index is 1.94. The van der Waals surface area contributed by atoms with Crippen molar-refractivity contribution >= 4 is 21.6 Å². The van der Waals surface area contributed by atoms with Crippen LogP contribution in [0.5, 0.6) is 0 Å². The smallest absolute Gasteiger partial charge is 0.176 e. The van der Waals surface area contributed by atoms with E-state index in [1.807, 2.05) is 26.2 Å². The predicted molar refractivity (Wildman–Crippen MR) is 58.4 cm³/mol. The number of hydrogen-bond donors (Lipinski definition) is 2. The molecule has 0 saturated carbocycles. The number of H-pyrrole nitrogens is 2. The molecule has 0 spiro atoms. The highest BCUT2D eigenvalue weighted by Crippen LogP contribution is 2.33. The number of imidazole rings is 2. The predicted octanol–water partition coefficient (Wildman–Crippen LogP) is 2.55. The molecule has 2 aromatic heterocycles. The van der Waals surface area contributed by atoms with Crippen molar-refractivity contribution in [2.45, 2.75) is 24.2 Å². The highest BCUT2D eigenvalue weighted by Gasteiger charge is 2.03. The molecule has 0 aromatic carbocycles. The lowest BCUT2D eigenvalue weighted by Gasteiger charge is -1.91. The van der Waals surface area contributed by atoms with Crippen LogP contribution < -0.4 is 0 Å². The van der Waals surface area contributed by atoms with E-state index in [1.54, 1.807) is 21.6 Å². The van der Waals surface area contributed by atoms with E-state index in [0.29, 0.717) is 0 Å². The molecule has 0 radical (unpaired) electrons. The summed E-state index contributed by atoms with van der Waals surface area (Å²) in [5, 5.41) is 1.81. The fourth-order valence-corrected chi connectivity index (χ4v) is 2.67. The van der Waals surface area contributed by atoms with Crippen molar-refractivity contribution in [1.29, 1.82) is 0 Å². The van der Waals surface area contributed by atoms with Crippen LogP contribution in [0, 0.1) is 13.8 Å². The molecule has 6 heteroatoms. The third-order valence-electron chi connectivity index (χ3n) is 1.56. The summed E-state index contributed by atoms with van der Waals surface area (Å²) in [4.78, 5) is 14.7. The molecular formula is C8H10N4S2. The first-order chi connectivity index (χ1) is 6.74. The molecule has 2 rings (SSSR count). The molecule has 0 aliphatic heterocycles. The van der Waals surface area contributed by atoms with Crippen molar-refractivity contribution in [1.82, 2.24) is 19.9 Å². The fraction of sp³-hybridized carbons (Fsp3) is 0.250. The van der Waals surface area contributed by atoms with Gasteiger partial charge in [-0.05, 0) is 35.4 Å². The molecule has 0 saturated heterocycles. The summed E-state index contributed by atoms with van der Waals surface area (Å²) >= 11 is 0. The van der Waals surface area contributed by atoms with E-state index in [0.717, 1.165) is 21.7 Å². The van der Waals surface area contributed by atoms with Gasteiger partial charge in [-0.15, -0.1) is 0 Å². The van der Waals surface area contributed by atoms with Crippen molar-refractivity contribution in [3.8, 4) is 0 Å². The summed E-state index contributed by atoms with van der Waals surface area (Å²) in [5.41, 5.74) is 2.01. The first-order valence-corrected chi connectivity index (χ1v) is 6.27. The summed E-state index contributed by atoms with van der Waals surface area (Å²) in [7, 11) is 3.13. The first-order valence-electron chi connectivity index (χ1n) is 4.12. The summed E-state index contributed by atoms with van der Waals surface area (Å²) in [6.45, 7) is 3.92. The molecule has 0 unspecified atom stereocenters. The molecule has 0 fully saturated rings. The van der Waals surface area contributed by atoms with Crippen molar-refractivity contribution in [3.63, 3.8) is 0 Å². The second-order valence-corrected chi connectivity index (χ2v) is 4.97. The Kier molecular flexibility index (Phi) is 2.83. The third kappa shape index (κ3) is 2.33. The van der Waals surface area contributed by atoms with Gasteiger partial charge in [0, 0.05) is 12.4 Å². The van der Waals surface area contributed by atoms with Crippen LogP contribution in [0.2, 0.25) is 0 Å². The van der Waals surface area contributed by atoms with E-state index in [2.05, 4.69) is 19.9 Å². The lowest BCUT2D eigenvalue weighted by atomic mass is 10.6. The van der Waals surface area contributed by atoms with E-state index in [1.165, 1.54) is 0 Å². The van der Waals surface area contributed by atoms with Crippen LogP contribution in [0.4, 0.5) is 0 Å². The van der Waals surface area contributed by atoms with Crippen LogP contribution in [0.15, 0.2) is 22.7 Å². The number of aryl methyl sites for hydroxylation is 2. The maximum absolute atomic E-state index is 4.28. The molecule has 0 aliphatic rings. The molecule has 2 heterocycles. The molecular weight excluding hydrogens is 216 g/mol. The van der Waals surface area contributed by atoms with Crippen LogP contribution in [0.3, 0.4) is 0 Å². The lowest BCUT2D eigenvalue weighted by molar-refractivity contribution is 1.04. The Bertz CT molecular complexity index is 380. The highest BCUT2D eigenvalue weighted by molar-refractivity contribution is 8.76. The topological polar surface area (TPSA) is 57.4 Å². The van der Waals surface area contributed by atoms with Gasteiger partial charge in [0.2, 0.25) is 0 Å². The van der Waals surface area contributed by atoms with Gasteiger partial charge in [0.1, 0.15) is 0 Å². The Morgan fingerprint density at radius 3 is 1.64 bits per heavy atom. The maximum atomic E-state index is 4.28. The average molecular weight is 226 g/mol. The second-order valence-electron chi connectivity index (χ2n) is 2.86. The van der Waals surface area contributed by atoms with Crippen molar-refractivity contribution < 1.29 is 0 Å². The fourth-order valence-electron chi connectivity index (χ4n) is 0.946. The molecule has 14 heavy (non-hydrogen) atoms. The summed E-state index contributed by atoms with van der Waals surface area (Å²) in [6.07, 6.45) is 3.77. The number of rotatable bonds is 3. The van der Waals surface area contributed by atoms with Crippen LogP contribution in [-0.4, -0.2) is 19.9 Å². The summed E-state index contributed by atoms with van der Waals surface area (Å²) < 4.78 is 0. The zero-order valence-corrected chi connectivity index (χ0v) is 9.50. The molecule has 0 atom stereocenters. The van der Waals surface area contributed by atoms with Gasteiger partial charge in [0.25, 0.3) is 0 Å². The number of aromatic nitrogens is 4. The van der Waals surface area contributed by atoms with Gasteiger partial charge in [-0.2, -0.15) is 0 Å². The minimum absolute atomic E-state index is 0.904. The Morgan fingerprint density at radius 1 is 0.929 bits per heavy atom. The largest absolute Gasteiger partial charge is 0.339 e. The van der Waals surface area contributed by atoms with Gasteiger partial charge in [-0.3, -0.25) is 0 Å². The summed E-state index contributed by atoms with van der Waals surface area (Å²) in [5.74, 6) is 0. The number of nitrogens with zero attached hydrogens (tertiary/aromatic N) is 2. The third-order valence-corrected chi connectivity index (χ3v) is 3.58. The zero-order chi connectivity index (χ0) is 9.97. The number of hydrogen-bond acceptors (Lipinski definition) is 4. The molecule has 2 N–H and O–H groups in total. The summed E-state index contributed by atoms with van der Waals surface area (Å²) in [6, 6.07) is 0. The molecule has 4 nitrogen and oxygen atoms in total. The Morgan fingerprint density at radius 2 is 1.36 bits per heavy atom. The normalized spacial score (nSPS) is 10.7. The van der Waals surface area contributed by atoms with Gasteiger partial charge in [0.05, 0.1) is 11.4 Å². The van der Waals surface area contributed by atoms with E-state index in [-0.39, 0.29) is 0 Å². The first kappa shape index (κ1) is 9.67. The van der Waals surface area contributed by atoms with Crippen molar-refractivity contribution in [2.24, 2.45) is 0 Å². The average Bonchev–Trinajstić information content (AvgIpc) is 2.72. The SMILES string of the molecule is Cc1c[nH]c(SSc2nc(C)c[nH]2)n1. The standard InChI is InChI=1S/C8H10N4S2/c1-5-3-9-7(11-5)13-14-8-10-4-6(2)12-8/h3-4H,1-2H3,(H,9,11)(H,10,12). The van der Waals surface area contributed by atoms with Crippen LogP contribution >= 0.6 is 21.6 Å². The van der Waals surface area contributed by atoms with Crippen LogP contribution in [0.1, 0.15) is 11.4 Å². The van der Waals surface area contributed by atoms with Crippen LogP contribution in [0.25, 0.3) is 0 Å². The van der Waals surface area contributed by atoms with Crippen LogP contribution in [-0.2, 0) is 0 Å². The van der Waals surface area contributed by atoms with Gasteiger partial charge in [-0.25, -0.2) is 9.97 Å². The van der Waals surface area contributed by atoms with Gasteiger partial charge in [0.15, 0.2) is 10.3 Å². The van der Waals surface area contributed by atoms with Gasteiger partial charge in [-0.1, -0.05) is 0 Å². The van der Waals surface area contributed by atoms with Crippen molar-refractivity contribution in [2.75, 3.05) is 0 Å². The van der Waals surface area contributed by atoms with E-state index >= 15 is 0 Å². The highest BCUT2D eigenvalue weighted by atomic mass is 33.1. The molecule has 0 aliphatic carbocycles. The molecule has 2 aromatic rings. The lowest BCUT2D eigenvalue weighted by Crippen LogP contribution is -1.74. The number of aromatic amines is 2. The quantitative estimate of drug-likeness (QED) is 0.790. The Labute approximate surface area is 89.7 Å². The van der Waals surface area contributed by atoms with Crippen molar-refractivity contribution in [3.05, 3.63) is 23.8 Å². The Hall–Kier alpha value is -0.880. The van der Waals surface area contributed by atoms with Gasteiger partial charge < -0.3 is 9.97 Å². The monoisotopic (exact) mass is 226 g/mol. The van der Waals surface area contributed by atoms with E-state index < -0.39 is 0 Å². The van der Waals surface area contributed by atoms with Gasteiger partial charge >= 0.3 is 0 Å². The maximum Gasteiger partial charge on any atom is 0.176 e. The zero-order valence-electron chi connectivity index (χ0n) is 7.87. The van der Waals surface area contributed by atoms with E-state index in [4.69, 9.17) is 0 Å². The minimum Gasteiger partial charge on any atom is -0.339 e. The molecule has 0 amide bonds. The van der Waals surface area contributed by atoms with E-state index in [9.17, 15) is 0 Å². The molecule has 0 bridgehead atoms. The number of nitrogens with one attached hydrogen (secondary N) is 2. The molecule has 74 valence electrons. The second kappa shape index (κ2) is 4.10.